The number of carbonyl (C=O) groups is 1. The summed E-state index contributed by atoms with van der Waals surface area (Å²) >= 11 is 11.8. The molecule has 2 aromatic rings. The summed E-state index contributed by atoms with van der Waals surface area (Å²) in [5.74, 6) is -1.32. The van der Waals surface area contributed by atoms with E-state index in [2.05, 4.69) is 5.10 Å². The molecule has 0 aliphatic heterocycles. The Bertz CT molecular complexity index is 599. The number of carbonyl (C=O) groups excluding carboxylic acids is 1. The van der Waals surface area contributed by atoms with Gasteiger partial charge < -0.3 is 9.90 Å². The number of hydrogen-bond acceptors (Lipinski definition) is 3. The van der Waals surface area contributed by atoms with Gasteiger partial charge in [0.2, 0.25) is 0 Å². The Balaban J connectivity index is 0.00000162. The molecule has 2 rings (SSSR count). The van der Waals surface area contributed by atoms with Gasteiger partial charge in [-0.05, 0) is 31.2 Å². The number of aromatic carboxylic acids is 1. The maximum Gasteiger partial charge on any atom is 1.00 e. The molecule has 0 unspecified atom stereocenters. The molecule has 0 N–H and O–H groups in total. The maximum absolute atomic E-state index is 10.7. The fraction of sp³-hybridized carbons (Fsp3) is 0.0909. The predicted octanol–water partition coefficient (Wildman–Crippen LogP) is -1.14. The topological polar surface area (TPSA) is 57.9 Å². The van der Waals surface area contributed by atoms with Crippen LogP contribution in [0, 0.1) is 6.92 Å². The van der Waals surface area contributed by atoms with Gasteiger partial charge in [-0.3, -0.25) is 0 Å². The largest absolute Gasteiger partial charge is 1.00 e. The Kier molecular flexibility index (Phi) is 4.89. The summed E-state index contributed by atoms with van der Waals surface area (Å²) in [4.78, 5) is 10.7. The SMILES string of the molecule is Cc1cc(C(=O)[O-])nn1-c1ccc(Cl)cc1Cl.[Li+]. The summed E-state index contributed by atoms with van der Waals surface area (Å²) in [7, 11) is 0. The van der Waals surface area contributed by atoms with Crippen molar-refractivity contribution in [1.29, 1.82) is 0 Å². The van der Waals surface area contributed by atoms with Gasteiger partial charge in [0.1, 0.15) is 5.69 Å². The zero-order chi connectivity index (χ0) is 12.6. The third-order valence-electron chi connectivity index (χ3n) is 2.23. The van der Waals surface area contributed by atoms with Crippen LogP contribution in [0.2, 0.25) is 10.0 Å². The first-order chi connectivity index (χ1) is 7.99. The van der Waals surface area contributed by atoms with E-state index in [-0.39, 0.29) is 24.6 Å². The first-order valence-corrected chi connectivity index (χ1v) is 5.48. The molecule has 0 amide bonds. The zero-order valence-corrected chi connectivity index (χ0v) is 11.3. The average molecular weight is 277 g/mol. The monoisotopic (exact) mass is 276 g/mol. The molecule has 0 fully saturated rings. The van der Waals surface area contributed by atoms with Crippen LogP contribution in [0.3, 0.4) is 0 Å². The smallest absolute Gasteiger partial charge is 0.543 e. The number of halogens is 2. The third-order valence-corrected chi connectivity index (χ3v) is 2.77. The summed E-state index contributed by atoms with van der Waals surface area (Å²) in [5, 5.41) is 15.5. The van der Waals surface area contributed by atoms with E-state index in [1.807, 2.05) is 0 Å². The second kappa shape index (κ2) is 5.81. The van der Waals surface area contributed by atoms with Crippen molar-refractivity contribution in [3.63, 3.8) is 0 Å². The van der Waals surface area contributed by atoms with Crippen molar-refractivity contribution in [2.45, 2.75) is 6.92 Å². The number of carboxylic acid groups (broad SMARTS) is 1. The molecule has 7 heteroatoms. The number of rotatable bonds is 2. The molecule has 0 saturated heterocycles. The van der Waals surface area contributed by atoms with Crippen molar-refractivity contribution in [1.82, 2.24) is 9.78 Å². The van der Waals surface area contributed by atoms with E-state index in [1.165, 1.54) is 10.7 Å². The number of hydrogen-bond donors (Lipinski definition) is 0. The quantitative estimate of drug-likeness (QED) is 0.652. The molecule has 0 aliphatic carbocycles. The van der Waals surface area contributed by atoms with Crippen LogP contribution in [0.1, 0.15) is 16.2 Å². The van der Waals surface area contributed by atoms with Crippen LogP contribution in [-0.2, 0) is 0 Å². The van der Waals surface area contributed by atoms with E-state index in [0.29, 0.717) is 21.4 Å². The van der Waals surface area contributed by atoms with Crippen molar-refractivity contribution >= 4 is 29.2 Å². The average Bonchev–Trinajstić information content (AvgIpc) is 2.61. The zero-order valence-electron chi connectivity index (χ0n) is 9.78. The minimum Gasteiger partial charge on any atom is -0.543 e. The molecule has 0 saturated carbocycles. The van der Waals surface area contributed by atoms with E-state index in [4.69, 9.17) is 23.2 Å². The van der Waals surface area contributed by atoms with Crippen molar-refractivity contribution < 1.29 is 28.8 Å². The summed E-state index contributed by atoms with van der Waals surface area (Å²) in [6.45, 7) is 1.73. The molecule has 0 radical (unpaired) electrons. The Labute approximate surface area is 126 Å². The molecule has 0 bridgehead atoms. The molecular weight excluding hydrogens is 270 g/mol. The molecule has 1 aromatic heterocycles. The van der Waals surface area contributed by atoms with Crippen LogP contribution in [0.5, 0.6) is 0 Å². The number of aromatic nitrogens is 2. The van der Waals surface area contributed by atoms with Crippen molar-refractivity contribution in [2.24, 2.45) is 0 Å². The number of carboxylic acids is 1. The third kappa shape index (κ3) is 2.90. The second-order valence-electron chi connectivity index (χ2n) is 3.47. The summed E-state index contributed by atoms with van der Waals surface area (Å²) in [6, 6.07) is 6.31. The number of aryl methyl sites for hydroxylation is 1. The molecule has 1 aromatic carbocycles. The van der Waals surface area contributed by atoms with Gasteiger partial charge in [0.25, 0.3) is 0 Å². The number of benzene rings is 1. The van der Waals surface area contributed by atoms with Crippen LogP contribution in [0.25, 0.3) is 5.69 Å². The van der Waals surface area contributed by atoms with E-state index in [1.54, 1.807) is 25.1 Å². The molecular formula is C11H7Cl2LiN2O2. The van der Waals surface area contributed by atoms with E-state index >= 15 is 0 Å². The minimum absolute atomic E-state index is 0. The molecule has 88 valence electrons. The van der Waals surface area contributed by atoms with Crippen molar-refractivity contribution in [3.8, 4) is 5.69 Å². The predicted molar refractivity (Wildman–Crippen MR) is 62.7 cm³/mol. The Morgan fingerprint density at radius 2 is 2.00 bits per heavy atom. The summed E-state index contributed by atoms with van der Waals surface area (Å²) in [6.07, 6.45) is 0. The van der Waals surface area contributed by atoms with Gasteiger partial charge in [-0.15, -0.1) is 0 Å². The molecule has 0 spiro atoms. The van der Waals surface area contributed by atoms with Gasteiger partial charge in [0, 0.05) is 10.7 Å². The van der Waals surface area contributed by atoms with Crippen LogP contribution < -0.4 is 24.0 Å². The first-order valence-electron chi connectivity index (χ1n) is 4.72. The Morgan fingerprint density at radius 1 is 1.33 bits per heavy atom. The molecule has 4 nitrogen and oxygen atoms in total. The van der Waals surface area contributed by atoms with E-state index < -0.39 is 5.97 Å². The van der Waals surface area contributed by atoms with Crippen molar-refractivity contribution in [3.05, 3.63) is 45.7 Å². The fourth-order valence-electron chi connectivity index (χ4n) is 1.47. The molecule has 0 aliphatic rings. The molecule has 18 heavy (non-hydrogen) atoms. The first kappa shape index (κ1) is 15.1. The van der Waals surface area contributed by atoms with E-state index in [9.17, 15) is 9.90 Å². The minimum atomic E-state index is -1.32. The summed E-state index contributed by atoms with van der Waals surface area (Å²) in [5.41, 5.74) is 1.09. The van der Waals surface area contributed by atoms with Gasteiger partial charge in [-0.25, -0.2) is 4.68 Å². The normalized spacial score (nSPS) is 9.94. The van der Waals surface area contributed by atoms with Crippen molar-refractivity contribution in [2.75, 3.05) is 0 Å². The molecule has 0 atom stereocenters. The second-order valence-corrected chi connectivity index (χ2v) is 4.31. The molecule has 1 heterocycles. The van der Waals surface area contributed by atoms with Crippen LogP contribution in [0.15, 0.2) is 24.3 Å². The Morgan fingerprint density at radius 3 is 2.50 bits per heavy atom. The van der Waals surface area contributed by atoms with Crippen LogP contribution in [0.4, 0.5) is 0 Å². The van der Waals surface area contributed by atoms with Gasteiger partial charge in [-0.2, -0.15) is 5.10 Å². The summed E-state index contributed by atoms with van der Waals surface area (Å²) < 4.78 is 1.43. The van der Waals surface area contributed by atoms with Gasteiger partial charge >= 0.3 is 18.9 Å². The van der Waals surface area contributed by atoms with Gasteiger partial charge in [-0.1, -0.05) is 23.2 Å². The van der Waals surface area contributed by atoms with Crippen LogP contribution >= 0.6 is 23.2 Å². The van der Waals surface area contributed by atoms with Gasteiger partial charge in [0.15, 0.2) is 0 Å². The van der Waals surface area contributed by atoms with Gasteiger partial charge in [0.05, 0.1) is 16.7 Å². The number of nitrogens with zero attached hydrogens (tertiary/aromatic N) is 2. The standard InChI is InChI=1S/C11H8Cl2N2O2.Li/c1-6-4-9(11(16)17)14-15(6)10-3-2-7(12)5-8(10)13;/h2-5H,1H3,(H,16,17);/q;+1/p-1. The maximum atomic E-state index is 10.7. The van der Waals surface area contributed by atoms with Crippen LogP contribution in [-0.4, -0.2) is 15.7 Å². The Hall–Kier alpha value is -0.923. The van der Waals surface area contributed by atoms with E-state index in [0.717, 1.165) is 0 Å². The fourth-order valence-corrected chi connectivity index (χ4v) is 1.96.